The SMILES string of the molecule is Cc1cc(C(F)(F)F)c(-c2ccc(Cl)nc2)cn1. The molecule has 6 heteroatoms. The first-order chi connectivity index (χ1) is 8.38. The van der Waals surface area contributed by atoms with E-state index in [1.807, 2.05) is 0 Å². The Morgan fingerprint density at radius 3 is 2.39 bits per heavy atom. The van der Waals surface area contributed by atoms with Crippen molar-refractivity contribution in [2.24, 2.45) is 0 Å². The van der Waals surface area contributed by atoms with E-state index in [4.69, 9.17) is 11.6 Å². The molecule has 18 heavy (non-hydrogen) atoms. The summed E-state index contributed by atoms with van der Waals surface area (Å²) in [6.07, 6.45) is -1.93. The standard InChI is InChI=1S/C12H8ClF3N2/c1-7-4-10(12(14,15)16)9(6-17-7)8-2-3-11(13)18-5-8/h2-6H,1H3. The number of alkyl halides is 3. The molecule has 0 atom stereocenters. The van der Waals surface area contributed by atoms with Crippen molar-refractivity contribution in [3.8, 4) is 11.1 Å². The van der Waals surface area contributed by atoms with Crippen LogP contribution < -0.4 is 0 Å². The molecule has 0 saturated heterocycles. The number of aryl methyl sites for hydroxylation is 1. The van der Waals surface area contributed by atoms with E-state index in [2.05, 4.69) is 9.97 Å². The van der Waals surface area contributed by atoms with Gasteiger partial charge in [0, 0.05) is 29.2 Å². The second kappa shape index (κ2) is 4.57. The highest BCUT2D eigenvalue weighted by molar-refractivity contribution is 6.29. The molecule has 0 N–H and O–H groups in total. The highest BCUT2D eigenvalue weighted by Crippen LogP contribution is 2.36. The second-order valence-corrected chi connectivity index (χ2v) is 4.13. The molecular formula is C12H8ClF3N2. The summed E-state index contributed by atoms with van der Waals surface area (Å²) in [4.78, 5) is 7.66. The lowest BCUT2D eigenvalue weighted by Crippen LogP contribution is -2.08. The summed E-state index contributed by atoms with van der Waals surface area (Å²) < 4.78 is 38.8. The molecule has 0 fully saturated rings. The van der Waals surface area contributed by atoms with Crippen LogP contribution in [-0.4, -0.2) is 9.97 Å². The third-order valence-electron chi connectivity index (χ3n) is 2.38. The van der Waals surface area contributed by atoms with Gasteiger partial charge in [0.2, 0.25) is 0 Å². The van der Waals surface area contributed by atoms with Gasteiger partial charge in [0.15, 0.2) is 0 Å². The predicted molar refractivity (Wildman–Crippen MR) is 62.2 cm³/mol. The van der Waals surface area contributed by atoms with Gasteiger partial charge in [-0.25, -0.2) is 4.98 Å². The molecule has 0 aromatic carbocycles. The van der Waals surface area contributed by atoms with Gasteiger partial charge in [-0.2, -0.15) is 13.2 Å². The van der Waals surface area contributed by atoms with Gasteiger partial charge in [-0.15, -0.1) is 0 Å². The van der Waals surface area contributed by atoms with E-state index in [0.29, 0.717) is 11.3 Å². The minimum Gasteiger partial charge on any atom is -0.261 e. The zero-order chi connectivity index (χ0) is 13.3. The quantitative estimate of drug-likeness (QED) is 0.730. The number of hydrogen-bond acceptors (Lipinski definition) is 2. The fourth-order valence-electron chi connectivity index (χ4n) is 1.56. The molecule has 2 aromatic rings. The van der Waals surface area contributed by atoms with Gasteiger partial charge in [-0.1, -0.05) is 11.6 Å². The van der Waals surface area contributed by atoms with Crippen molar-refractivity contribution >= 4 is 11.6 Å². The fraction of sp³-hybridized carbons (Fsp3) is 0.167. The molecule has 0 aliphatic rings. The van der Waals surface area contributed by atoms with Crippen molar-refractivity contribution in [3.63, 3.8) is 0 Å². The van der Waals surface area contributed by atoms with Gasteiger partial charge < -0.3 is 0 Å². The molecule has 2 aromatic heterocycles. The average Bonchev–Trinajstić information content (AvgIpc) is 2.29. The van der Waals surface area contributed by atoms with Crippen molar-refractivity contribution < 1.29 is 13.2 Å². The third-order valence-corrected chi connectivity index (χ3v) is 2.61. The number of aromatic nitrogens is 2. The van der Waals surface area contributed by atoms with E-state index < -0.39 is 11.7 Å². The van der Waals surface area contributed by atoms with Gasteiger partial charge in [0.1, 0.15) is 5.15 Å². The summed E-state index contributed by atoms with van der Waals surface area (Å²) in [5, 5.41) is 0.229. The Bertz CT molecular complexity index is 565. The van der Waals surface area contributed by atoms with Crippen LogP contribution in [0, 0.1) is 6.92 Å². The van der Waals surface area contributed by atoms with E-state index in [1.165, 1.54) is 31.5 Å². The van der Waals surface area contributed by atoms with Gasteiger partial charge in [-0.05, 0) is 25.1 Å². The molecule has 0 spiro atoms. The summed E-state index contributed by atoms with van der Waals surface area (Å²) in [7, 11) is 0. The second-order valence-electron chi connectivity index (χ2n) is 3.74. The van der Waals surface area contributed by atoms with Crippen LogP contribution in [0.4, 0.5) is 13.2 Å². The van der Waals surface area contributed by atoms with Crippen LogP contribution in [0.1, 0.15) is 11.3 Å². The number of halogens is 4. The minimum absolute atomic E-state index is 0.00253. The maximum absolute atomic E-state index is 12.9. The van der Waals surface area contributed by atoms with Crippen molar-refractivity contribution in [2.75, 3.05) is 0 Å². The molecule has 0 bridgehead atoms. The largest absolute Gasteiger partial charge is 0.417 e. The molecule has 2 rings (SSSR count). The average molecular weight is 273 g/mol. The summed E-state index contributed by atoms with van der Waals surface area (Å²) in [5.74, 6) is 0. The first-order valence-corrected chi connectivity index (χ1v) is 5.41. The summed E-state index contributed by atoms with van der Waals surface area (Å²) in [5.41, 5.74) is -0.0800. The smallest absolute Gasteiger partial charge is 0.261 e. The first-order valence-electron chi connectivity index (χ1n) is 5.03. The van der Waals surface area contributed by atoms with E-state index in [1.54, 1.807) is 0 Å². The first kappa shape index (κ1) is 12.8. The van der Waals surface area contributed by atoms with Crippen molar-refractivity contribution in [3.05, 3.63) is 47.0 Å². The third kappa shape index (κ3) is 2.61. The van der Waals surface area contributed by atoms with Crippen molar-refractivity contribution in [1.82, 2.24) is 9.97 Å². The van der Waals surface area contributed by atoms with Crippen LogP contribution in [0.15, 0.2) is 30.6 Å². The maximum Gasteiger partial charge on any atom is 0.417 e. The van der Waals surface area contributed by atoms with Crippen LogP contribution in [0.5, 0.6) is 0 Å². The Morgan fingerprint density at radius 2 is 1.83 bits per heavy atom. The molecule has 0 unspecified atom stereocenters. The molecule has 0 aliphatic heterocycles. The number of hydrogen-bond donors (Lipinski definition) is 0. The molecule has 0 saturated carbocycles. The van der Waals surface area contributed by atoms with Crippen LogP contribution in [0.2, 0.25) is 5.15 Å². The van der Waals surface area contributed by atoms with Crippen LogP contribution in [0.25, 0.3) is 11.1 Å². The predicted octanol–water partition coefficient (Wildman–Crippen LogP) is 4.12. The van der Waals surface area contributed by atoms with Gasteiger partial charge >= 0.3 is 6.18 Å². The highest BCUT2D eigenvalue weighted by Gasteiger charge is 2.34. The number of nitrogens with zero attached hydrogens (tertiary/aromatic N) is 2. The zero-order valence-corrected chi connectivity index (χ0v) is 10.0. The van der Waals surface area contributed by atoms with E-state index >= 15 is 0 Å². The van der Waals surface area contributed by atoms with Gasteiger partial charge in [0.25, 0.3) is 0 Å². The topological polar surface area (TPSA) is 25.8 Å². The zero-order valence-electron chi connectivity index (χ0n) is 9.29. The van der Waals surface area contributed by atoms with Crippen molar-refractivity contribution in [1.29, 1.82) is 0 Å². The maximum atomic E-state index is 12.9. The van der Waals surface area contributed by atoms with E-state index in [0.717, 1.165) is 6.07 Å². The lowest BCUT2D eigenvalue weighted by atomic mass is 10.0. The number of pyridine rings is 2. The summed E-state index contributed by atoms with van der Waals surface area (Å²) in [6.45, 7) is 1.51. The summed E-state index contributed by atoms with van der Waals surface area (Å²) in [6, 6.07) is 3.94. The van der Waals surface area contributed by atoms with E-state index in [-0.39, 0.29) is 10.7 Å². The molecule has 94 valence electrons. The van der Waals surface area contributed by atoms with Crippen molar-refractivity contribution in [2.45, 2.75) is 13.1 Å². The summed E-state index contributed by atoms with van der Waals surface area (Å²) >= 11 is 5.61. The molecule has 2 heterocycles. The number of rotatable bonds is 1. The Balaban J connectivity index is 2.60. The minimum atomic E-state index is -4.43. The van der Waals surface area contributed by atoms with Gasteiger partial charge in [0.05, 0.1) is 5.56 Å². The fourth-order valence-corrected chi connectivity index (χ4v) is 1.67. The lowest BCUT2D eigenvalue weighted by molar-refractivity contribution is -0.137. The Hall–Kier alpha value is -1.62. The van der Waals surface area contributed by atoms with E-state index in [9.17, 15) is 13.2 Å². The molecule has 0 aliphatic carbocycles. The lowest BCUT2D eigenvalue weighted by Gasteiger charge is -2.13. The Morgan fingerprint density at radius 1 is 1.11 bits per heavy atom. The van der Waals surface area contributed by atoms with Crippen LogP contribution in [0.3, 0.4) is 0 Å². The Kier molecular flexibility index (Phi) is 3.26. The molecule has 0 radical (unpaired) electrons. The molecular weight excluding hydrogens is 265 g/mol. The molecule has 0 amide bonds. The Labute approximate surface area is 106 Å². The van der Waals surface area contributed by atoms with Crippen LogP contribution >= 0.6 is 11.6 Å². The van der Waals surface area contributed by atoms with Gasteiger partial charge in [-0.3, -0.25) is 4.98 Å². The monoisotopic (exact) mass is 272 g/mol. The normalized spacial score (nSPS) is 11.6. The highest BCUT2D eigenvalue weighted by atomic mass is 35.5. The van der Waals surface area contributed by atoms with Crippen LogP contribution in [-0.2, 0) is 6.18 Å². The molecule has 2 nitrogen and oxygen atoms in total.